The first-order valence-corrected chi connectivity index (χ1v) is 8.11. The van der Waals surface area contributed by atoms with Crippen LogP contribution in [0.5, 0.6) is 0 Å². The van der Waals surface area contributed by atoms with E-state index in [9.17, 15) is 0 Å². The van der Waals surface area contributed by atoms with Crippen molar-refractivity contribution >= 4 is 0 Å². The van der Waals surface area contributed by atoms with E-state index in [0.717, 1.165) is 6.42 Å². The molecule has 2 atom stereocenters. The molecule has 3 nitrogen and oxygen atoms in total. The SMILES string of the molecule is CCC(N)C(c1cccnc1)N(C)C1CCCCCC1. The van der Waals surface area contributed by atoms with Gasteiger partial charge in [-0.3, -0.25) is 9.88 Å². The summed E-state index contributed by atoms with van der Waals surface area (Å²) in [5.41, 5.74) is 7.68. The summed E-state index contributed by atoms with van der Waals surface area (Å²) in [6.45, 7) is 2.18. The normalized spacial score (nSPS) is 20.6. The predicted molar refractivity (Wildman–Crippen MR) is 84.5 cm³/mol. The zero-order valence-corrected chi connectivity index (χ0v) is 13.0. The predicted octanol–water partition coefficient (Wildman–Crippen LogP) is 3.51. The lowest BCUT2D eigenvalue weighted by Crippen LogP contribution is -2.43. The van der Waals surface area contributed by atoms with Gasteiger partial charge in [-0.2, -0.15) is 0 Å². The van der Waals surface area contributed by atoms with Crippen LogP contribution >= 0.6 is 0 Å². The fourth-order valence-electron chi connectivity index (χ4n) is 3.45. The quantitative estimate of drug-likeness (QED) is 0.836. The first-order valence-electron chi connectivity index (χ1n) is 8.11. The third-order valence-corrected chi connectivity index (χ3v) is 4.74. The average Bonchev–Trinajstić information content (AvgIpc) is 2.77. The molecule has 2 N–H and O–H groups in total. The number of rotatable bonds is 5. The number of nitrogens with two attached hydrogens (primary N) is 1. The summed E-state index contributed by atoms with van der Waals surface area (Å²) in [5.74, 6) is 0. The zero-order valence-electron chi connectivity index (χ0n) is 13.0. The fraction of sp³-hybridized carbons (Fsp3) is 0.706. The average molecular weight is 275 g/mol. The lowest BCUT2D eigenvalue weighted by molar-refractivity contribution is 0.135. The molecule has 1 aliphatic carbocycles. The van der Waals surface area contributed by atoms with Gasteiger partial charge in [-0.25, -0.2) is 0 Å². The zero-order chi connectivity index (χ0) is 14.4. The number of hydrogen-bond donors (Lipinski definition) is 1. The van der Waals surface area contributed by atoms with Crippen molar-refractivity contribution in [3.8, 4) is 0 Å². The first kappa shape index (κ1) is 15.5. The molecule has 2 rings (SSSR count). The molecule has 0 amide bonds. The van der Waals surface area contributed by atoms with E-state index in [1.807, 2.05) is 18.5 Å². The molecule has 0 saturated heterocycles. The van der Waals surface area contributed by atoms with Gasteiger partial charge < -0.3 is 5.73 Å². The highest BCUT2D eigenvalue weighted by Crippen LogP contribution is 2.30. The molecule has 2 unspecified atom stereocenters. The van der Waals surface area contributed by atoms with Crippen molar-refractivity contribution in [3.05, 3.63) is 30.1 Å². The van der Waals surface area contributed by atoms with E-state index in [1.165, 1.54) is 44.1 Å². The minimum absolute atomic E-state index is 0.174. The van der Waals surface area contributed by atoms with E-state index < -0.39 is 0 Å². The van der Waals surface area contributed by atoms with Gasteiger partial charge in [0.1, 0.15) is 0 Å². The van der Waals surface area contributed by atoms with Crippen LogP contribution in [-0.2, 0) is 0 Å². The Bertz CT molecular complexity index is 371. The lowest BCUT2D eigenvalue weighted by atomic mass is 9.95. The maximum absolute atomic E-state index is 6.43. The first-order chi connectivity index (χ1) is 9.74. The molecule has 1 aliphatic rings. The summed E-state index contributed by atoms with van der Waals surface area (Å²) >= 11 is 0. The summed E-state index contributed by atoms with van der Waals surface area (Å²) < 4.78 is 0. The lowest BCUT2D eigenvalue weighted by Gasteiger charge is -2.38. The molecular formula is C17H29N3. The van der Waals surface area contributed by atoms with E-state index in [4.69, 9.17) is 5.73 Å². The highest BCUT2D eigenvalue weighted by Gasteiger charge is 2.28. The largest absolute Gasteiger partial charge is 0.326 e. The van der Waals surface area contributed by atoms with E-state index in [-0.39, 0.29) is 12.1 Å². The smallest absolute Gasteiger partial charge is 0.0514 e. The van der Waals surface area contributed by atoms with Crippen LogP contribution in [0.2, 0.25) is 0 Å². The summed E-state index contributed by atoms with van der Waals surface area (Å²) in [7, 11) is 2.25. The Kier molecular flexibility index (Phi) is 5.99. The molecule has 3 heteroatoms. The molecule has 1 aromatic rings. The molecule has 1 aromatic heterocycles. The second-order valence-corrected chi connectivity index (χ2v) is 6.11. The molecule has 0 radical (unpaired) electrons. The molecule has 1 fully saturated rings. The summed E-state index contributed by atoms with van der Waals surface area (Å²) in [4.78, 5) is 6.81. The van der Waals surface area contributed by atoms with Gasteiger partial charge in [0, 0.05) is 24.5 Å². The van der Waals surface area contributed by atoms with Crippen LogP contribution in [0, 0.1) is 0 Å². The maximum atomic E-state index is 6.43. The molecule has 112 valence electrons. The van der Waals surface area contributed by atoms with Crippen molar-refractivity contribution in [1.82, 2.24) is 9.88 Å². The van der Waals surface area contributed by atoms with Gasteiger partial charge in [0.05, 0.1) is 6.04 Å². The van der Waals surface area contributed by atoms with Crippen LogP contribution in [0.3, 0.4) is 0 Å². The van der Waals surface area contributed by atoms with Gasteiger partial charge in [0.2, 0.25) is 0 Å². The molecular weight excluding hydrogens is 246 g/mol. The third-order valence-electron chi connectivity index (χ3n) is 4.74. The number of likely N-dealkylation sites (N-methyl/N-ethyl adjacent to an activating group) is 1. The van der Waals surface area contributed by atoms with Gasteiger partial charge in [0.25, 0.3) is 0 Å². The van der Waals surface area contributed by atoms with Gasteiger partial charge in [-0.1, -0.05) is 38.7 Å². The Balaban J connectivity index is 2.17. The van der Waals surface area contributed by atoms with Crippen molar-refractivity contribution in [2.24, 2.45) is 5.73 Å². The second kappa shape index (κ2) is 7.75. The van der Waals surface area contributed by atoms with Crippen LogP contribution in [0.15, 0.2) is 24.5 Å². The Labute approximate surface area is 123 Å². The molecule has 0 bridgehead atoms. The number of nitrogens with zero attached hydrogens (tertiary/aromatic N) is 2. The molecule has 0 aromatic carbocycles. The molecule has 0 aliphatic heterocycles. The van der Waals surface area contributed by atoms with Crippen molar-refractivity contribution < 1.29 is 0 Å². The van der Waals surface area contributed by atoms with E-state index >= 15 is 0 Å². The summed E-state index contributed by atoms with van der Waals surface area (Å²) in [5, 5.41) is 0. The standard InChI is InChI=1S/C17H29N3/c1-3-16(18)17(14-9-8-12-19-13-14)20(2)15-10-6-4-5-7-11-15/h8-9,12-13,15-17H,3-7,10-11,18H2,1-2H3. The molecule has 20 heavy (non-hydrogen) atoms. The van der Waals surface area contributed by atoms with E-state index in [0.29, 0.717) is 6.04 Å². The minimum Gasteiger partial charge on any atom is -0.326 e. The van der Waals surface area contributed by atoms with Gasteiger partial charge >= 0.3 is 0 Å². The Morgan fingerprint density at radius 3 is 2.55 bits per heavy atom. The highest BCUT2D eigenvalue weighted by molar-refractivity contribution is 5.16. The van der Waals surface area contributed by atoms with Crippen LogP contribution in [0.4, 0.5) is 0 Å². The summed E-state index contributed by atoms with van der Waals surface area (Å²) in [6, 6.07) is 5.32. The van der Waals surface area contributed by atoms with Crippen LogP contribution in [0.1, 0.15) is 63.5 Å². The molecule has 0 spiro atoms. The Morgan fingerprint density at radius 2 is 2.00 bits per heavy atom. The highest BCUT2D eigenvalue weighted by atomic mass is 15.2. The van der Waals surface area contributed by atoms with E-state index in [1.54, 1.807) is 0 Å². The fourth-order valence-corrected chi connectivity index (χ4v) is 3.45. The Morgan fingerprint density at radius 1 is 1.30 bits per heavy atom. The van der Waals surface area contributed by atoms with E-state index in [2.05, 4.69) is 29.9 Å². The van der Waals surface area contributed by atoms with Gasteiger partial charge in [0.15, 0.2) is 0 Å². The number of pyridine rings is 1. The van der Waals surface area contributed by atoms with Gasteiger partial charge in [-0.05, 0) is 37.9 Å². The van der Waals surface area contributed by atoms with Crippen molar-refractivity contribution in [2.45, 2.75) is 70.0 Å². The number of hydrogen-bond acceptors (Lipinski definition) is 3. The third kappa shape index (κ3) is 3.80. The topological polar surface area (TPSA) is 42.1 Å². The van der Waals surface area contributed by atoms with Crippen molar-refractivity contribution in [1.29, 1.82) is 0 Å². The Hall–Kier alpha value is -0.930. The number of aromatic nitrogens is 1. The second-order valence-electron chi connectivity index (χ2n) is 6.11. The minimum atomic E-state index is 0.174. The maximum Gasteiger partial charge on any atom is 0.0514 e. The molecule has 1 heterocycles. The van der Waals surface area contributed by atoms with Crippen LogP contribution in [-0.4, -0.2) is 29.0 Å². The monoisotopic (exact) mass is 275 g/mol. The van der Waals surface area contributed by atoms with Crippen molar-refractivity contribution in [2.75, 3.05) is 7.05 Å². The summed E-state index contributed by atoms with van der Waals surface area (Å²) in [6.07, 6.45) is 12.9. The van der Waals surface area contributed by atoms with Gasteiger partial charge in [-0.15, -0.1) is 0 Å². The van der Waals surface area contributed by atoms with Crippen LogP contribution < -0.4 is 5.73 Å². The molecule has 1 saturated carbocycles. The van der Waals surface area contributed by atoms with Crippen LogP contribution in [0.25, 0.3) is 0 Å². The van der Waals surface area contributed by atoms with Crippen molar-refractivity contribution in [3.63, 3.8) is 0 Å².